The summed E-state index contributed by atoms with van der Waals surface area (Å²) in [5.41, 5.74) is 0.846. The topological polar surface area (TPSA) is 59.3 Å². The van der Waals surface area contributed by atoms with Gasteiger partial charge in [0.05, 0.1) is 13.7 Å². The highest BCUT2D eigenvalue weighted by Crippen LogP contribution is 2.18. The summed E-state index contributed by atoms with van der Waals surface area (Å²) in [5.74, 6) is 1.56. The predicted molar refractivity (Wildman–Crippen MR) is 84.3 cm³/mol. The highest BCUT2D eigenvalue weighted by molar-refractivity contribution is 5.35. The first kappa shape index (κ1) is 16.6. The number of hydrogen-bond acceptors (Lipinski definition) is 6. The van der Waals surface area contributed by atoms with Crippen LogP contribution >= 0.6 is 0 Å². The molecule has 7 nitrogen and oxygen atoms in total. The molecule has 1 fully saturated rings. The van der Waals surface area contributed by atoms with Crippen molar-refractivity contribution in [1.82, 2.24) is 24.4 Å². The van der Waals surface area contributed by atoms with E-state index in [4.69, 9.17) is 4.74 Å². The minimum absolute atomic E-state index is 0.381. The molecule has 2 aromatic rings. The molecule has 0 radical (unpaired) electrons. The molecule has 3 rings (SSSR count). The van der Waals surface area contributed by atoms with Gasteiger partial charge in [0.15, 0.2) is 0 Å². The van der Waals surface area contributed by atoms with Crippen molar-refractivity contribution in [2.45, 2.75) is 20.0 Å². The zero-order chi connectivity index (χ0) is 17.1. The van der Waals surface area contributed by atoms with Crippen LogP contribution in [0.2, 0.25) is 0 Å². The van der Waals surface area contributed by atoms with Crippen LogP contribution in [0.5, 0.6) is 5.88 Å². The molecule has 3 heterocycles. The van der Waals surface area contributed by atoms with Gasteiger partial charge >= 0.3 is 6.55 Å². The molecule has 0 N–H and O–H groups in total. The van der Waals surface area contributed by atoms with Crippen molar-refractivity contribution in [2.24, 2.45) is 0 Å². The average molecular weight is 338 g/mol. The predicted octanol–water partition coefficient (Wildman–Crippen LogP) is 1.71. The van der Waals surface area contributed by atoms with E-state index >= 15 is 0 Å². The quantitative estimate of drug-likeness (QED) is 0.827. The molecule has 0 amide bonds. The van der Waals surface area contributed by atoms with Crippen molar-refractivity contribution in [3.8, 4) is 5.88 Å². The molecule has 24 heavy (non-hydrogen) atoms. The summed E-state index contributed by atoms with van der Waals surface area (Å²) < 4.78 is 31.8. The Morgan fingerprint density at radius 1 is 1.21 bits per heavy atom. The SMILES string of the molecule is COc1cc(C)nc(N2CCN(Cc3nccn3C(F)F)CC2)n1. The number of hydrogen-bond donors (Lipinski definition) is 0. The maximum atomic E-state index is 12.9. The third-order valence-corrected chi connectivity index (χ3v) is 4.01. The number of piperazine rings is 1. The molecule has 1 aliphatic heterocycles. The lowest BCUT2D eigenvalue weighted by Crippen LogP contribution is -2.46. The minimum atomic E-state index is -2.56. The summed E-state index contributed by atoms with van der Waals surface area (Å²) in [6.07, 6.45) is 2.72. The van der Waals surface area contributed by atoms with Gasteiger partial charge in [-0.25, -0.2) is 9.97 Å². The van der Waals surface area contributed by atoms with Crippen LogP contribution in [-0.4, -0.2) is 57.7 Å². The first-order valence-corrected chi connectivity index (χ1v) is 7.73. The molecule has 9 heteroatoms. The van der Waals surface area contributed by atoms with Crippen LogP contribution in [0.4, 0.5) is 14.7 Å². The zero-order valence-corrected chi connectivity index (χ0v) is 13.7. The monoisotopic (exact) mass is 338 g/mol. The highest BCUT2D eigenvalue weighted by Gasteiger charge is 2.22. The summed E-state index contributed by atoms with van der Waals surface area (Å²) in [5, 5.41) is 0. The van der Waals surface area contributed by atoms with Gasteiger partial charge < -0.3 is 9.64 Å². The van der Waals surface area contributed by atoms with Crippen LogP contribution in [0.15, 0.2) is 18.5 Å². The molecule has 0 atom stereocenters. The number of halogens is 2. The lowest BCUT2D eigenvalue weighted by Gasteiger charge is -2.34. The number of imidazole rings is 1. The maximum Gasteiger partial charge on any atom is 0.319 e. The summed E-state index contributed by atoms with van der Waals surface area (Å²) in [4.78, 5) is 17.0. The Labute approximate surface area is 138 Å². The molecular weight excluding hydrogens is 318 g/mol. The van der Waals surface area contributed by atoms with E-state index in [1.54, 1.807) is 13.2 Å². The molecule has 1 aliphatic rings. The number of methoxy groups -OCH3 is 1. The van der Waals surface area contributed by atoms with Crippen LogP contribution < -0.4 is 9.64 Å². The van der Waals surface area contributed by atoms with Crippen LogP contribution in [0.3, 0.4) is 0 Å². The van der Waals surface area contributed by atoms with Gasteiger partial charge in [-0.2, -0.15) is 13.8 Å². The second-order valence-electron chi connectivity index (χ2n) is 5.64. The van der Waals surface area contributed by atoms with Gasteiger partial charge in [0, 0.05) is 50.3 Å². The molecule has 0 bridgehead atoms. The van der Waals surface area contributed by atoms with Crippen LogP contribution in [0.25, 0.3) is 0 Å². The summed E-state index contributed by atoms with van der Waals surface area (Å²) >= 11 is 0. The molecule has 2 aromatic heterocycles. The number of alkyl halides is 2. The third kappa shape index (κ3) is 3.61. The first-order valence-electron chi connectivity index (χ1n) is 7.73. The highest BCUT2D eigenvalue weighted by atomic mass is 19.3. The molecular formula is C15H20F2N6O. The van der Waals surface area contributed by atoms with E-state index in [9.17, 15) is 8.78 Å². The van der Waals surface area contributed by atoms with Crippen molar-refractivity contribution >= 4 is 5.95 Å². The van der Waals surface area contributed by atoms with Crippen molar-refractivity contribution < 1.29 is 13.5 Å². The Kier molecular flexibility index (Phi) is 4.89. The van der Waals surface area contributed by atoms with Gasteiger partial charge in [-0.3, -0.25) is 9.47 Å². The maximum absolute atomic E-state index is 12.9. The molecule has 0 unspecified atom stereocenters. The Bertz CT molecular complexity index is 684. The second kappa shape index (κ2) is 7.08. The third-order valence-electron chi connectivity index (χ3n) is 4.01. The van der Waals surface area contributed by atoms with Gasteiger partial charge in [-0.05, 0) is 6.92 Å². The molecule has 130 valence electrons. The average Bonchev–Trinajstić information content (AvgIpc) is 3.03. The Morgan fingerprint density at radius 3 is 2.62 bits per heavy atom. The standard InChI is InChI=1S/C15H20F2N6O/c1-11-9-13(24-2)20-15(19-11)22-7-5-21(6-8-22)10-12-18-3-4-23(12)14(16)17/h3-4,9,14H,5-8,10H2,1-2H3. The molecule has 0 aliphatic carbocycles. The van der Waals surface area contributed by atoms with Gasteiger partial charge in [0.25, 0.3) is 0 Å². The zero-order valence-electron chi connectivity index (χ0n) is 13.7. The first-order chi connectivity index (χ1) is 11.6. The lowest BCUT2D eigenvalue weighted by molar-refractivity contribution is 0.0636. The fourth-order valence-electron chi connectivity index (χ4n) is 2.72. The van der Waals surface area contributed by atoms with Gasteiger partial charge in [0.1, 0.15) is 5.82 Å². The van der Waals surface area contributed by atoms with E-state index in [0.717, 1.165) is 36.4 Å². The van der Waals surface area contributed by atoms with Crippen LogP contribution in [0.1, 0.15) is 18.1 Å². The van der Waals surface area contributed by atoms with E-state index in [1.807, 2.05) is 6.92 Å². The van der Waals surface area contributed by atoms with E-state index < -0.39 is 6.55 Å². The summed E-state index contributed by atoms with van der Waals surface area (Å²) in [6.45, 7) is 2.66. The van der Waals surface area contributed by atoms with E-state index in [1.165, 1.54) is 12.4 Å². The van der Waals surface area contributed by atoms with Gasteiger partial charge in [-0.15, -0.1) is 0 Å². The number of anilines is 1. The fraction of sp³-hybridized carbons (Fsp3) is 0.533. The molecule has 0 aromatic carbocycles. The van der Waals surface area contributed by atoms with Crippen LogP contribution in [-0.2, 0) is 6.54 Å². The largest absolute Gasteiger partial charge is 0.481 e. The van der Waals surface area contributed by atoms with Crippen molar-refractivity contribution in [3.05, 3.63) is 30.0 Å². The summed E-state index contributed by atoms with van der Waals surface area (Å²) in [6, 6.07) is 1.78. The number of ether oxygens (including phenoxy) is 1. The summed E-state index contributed by atoms with van der Waals surface area (Å²) in [7, 11) is 1.58. The second-order valence-corrected chi connectivity index (χ2v) is 5.64. The van der Waals surface area contributed by atoms with Crippen molar-refractivity contribution in [1.29, 1.82) is 0 Å². The van der Waals surface area contributed by atoms with Crippen LogP contribution in [0, 0.1) is 6.92 Å². The minimum Gasteiger partial charge on any atom is -0.481 e. The Balaban J connectivity index is 1.61. The van der Waals surface area contributed by atoms with E-state index in [-0.39, 0.29) is 0 Å². The molecule has 0 spiro atoms. The molecule has 0 saturated carbocycles. The fourth-order valence-corrected chi connectivity index (χ4v) is 2.72. The van der Waals surface area contributed by atoms with E-state index in [2.05, 4.69) is 24.8 Å². The number of aromatic nitrogens is 4. The van der Waals surface area contributed by atoms with E-state index in [0.29, 0.717) is 24.2 Å². The number of nitrogens with zero attached hydrogens (tertiary/aromatic N) is 6. The molecule has 1 saturated heterocycles. The normalized spacial score (nSPS) is 16.0. The van der Waals surface area contributed by atoms with Crippen molar-refractivity contribution in [2.75, 3.05) is 38.2 Å². The van der Waals surface area contributed by atoms with Gasteiger partial charge in [-0.1, -0.05) is 0 Å². The van der Waals surface area contributed by atoms with Gasteiger partial charge in [0.2, 0.25) is 11.8 Å². The Hall–Kier alpha value is -2.29. The Morgan fingerprint density at radius 2 is 1.96 bits per heavy atom. The number of aryl methyl sites for hydroxylation is 1. The smallest absolute Gasteiger partial charge is 0.319 e. The van der Waals surface area contributed by atoms with Crippen molar-refractivity contribution in [3.63, 3.8) is 0 Å². The number of rotatable bonds is 5. The lowest BCUT2D eigenvalue weighted by atomic mass is 10.3.